The molecule has 0 radical (unpaired) electrons. The molecule has 2 aromatic rings. The van der Waals surface area contributed by atoms with Crippen molar-refractivity contribution in [1.82, 2.24) is 5.32 Å². The van der Waals surface area contributed by atoms with Gasteiger partial charge in [-0.05, 0) is 62.9 Å². The first kappa shape index (κ1) is 16.0. The fraction of sp³-hybridized carbons (Fsp3) is 0.294. The summed E-state index contributed by atoms with van der Waals surface area (Å²) in [6.07, 6.45) is 0. The highest BCUT2D eigenvalue weighted by molar-refractivity contribution is 9.10. The zero-order chi connectivity index (χ0) is 15.4. The van der Waals surface area contributed by atoms with Crippen LogP contribution in [0.1, 0.15) is 25.5 Å². The summed E-state index contributed by atoms with van der Waals surface area (Å²) < 4.78 is 14.6. The average Bonchev–Trinajstić information content (AvgIpc) is 2.48. The molecule has 1 atom stereocenters. The second kappa shape index (κ2) is 7.05. The van der Waals surface area contributed by atoms with Crippen molar-refractivity contribution in [2.75, 3.05) is 18.5 Å². The van der Waals surface area contributed by atoms with Crippen molar-refractivity contribution < 1.29 is 4.39 Å². The first-order valence-corrected chi connectivity index (χ1v) is 7.86. The highest BCUT2D eigenvalue weighted by Gasteiger charge is 2.16. The summed E-state index contributed by atoms with van der Waals surface area (Å²) in [6, 6.07) is 13.1. The lowest BCUT2D eigenvalue weighted by molar-refractivity contribution is 0.627. The molecule has 1 N–H and O–H groups in total. The molecule has 0 aliphatic heterocycles. The van der Waals surface area contributed by atoms with E-state index in [2.05, 4.69) is 52.1 Å². The van der Waals surface area contributed by atoms with E-state index in [-0.39, 0.29) is 11.9 Å². The number of hydrogen-bond donors (Lipinski definition) is 1. The Hall–Kier alpha value is -1.39. The summed E-state index contributed by atoms with van der Waals surface area (Å²) in [5, 5.41) is 3.27. The standard InChI is InChI=1S/C17H20BrFN2/c1-4-21(15-7-5-6-14(19)11-15)17-9-8-13(18)10-16(17)12(2)20-3/h5-12,20H,4H2,1-3H3. The third-order valence-corrected chi connectivity index (χ3v) is 4.11. The molecule has 4 heteroatoms. The lowest BCUT2D eigenvalue weighted by Gasteiger charge is -2.28. The van der Waals surface area contributed by atoms with Crippen LogP contribution < -0.4 is 10.2 Å². The number of hydrogen-bond acceptors (Lipinski definition) is 2. The molecule has 0 fully saturated rings. The number of halogens is 2. The van der Waals surface area contributed by atoms with E-state index in [0.717, 1.165) is 22.4 Å². The average molecular weight is 351 g/mol. The molecular formula is C17H20BrFN2. The fourth-order valence-corrected chi connectivity index (χ4v) is 2.79. The van der Waals surface area contributed by atoms with Crippen LogP contribution in [0.3, 0.4) is 0 Å². The molecule has 2 nitrogen and oxygen atoms in total. The van der Waals surface area contributed by atoms with Gasteiger partial charge in [0.05, 0.1) is 0 Å². The molecule has 0 bridgehead atoms. The van der Waals surface area contributed by atoms with E-state index >= 15 is 0 Å². The van der Waals surface area contributed by atoms with Gasteiger partial charge in [-0.25, -0.2) is 4.39 Å². The van der Waals surface area contributed by atoms with Crippen LogP contribution in [0.15, 0.2) is 46.9 Å². The molecule has 0 aromatic heterocycles. The van der Waals surface area contributed by atoms with Crippen molar-refractivity contribution in [2.45, 2.75) is 19.9 Å². The van der Waals surface area contributed by atoms with Gasteiger partial charge in [0.2, 0.25) is 0 Å². The summed E-state index contributed by atoms with van der Waals surface area (Å²) in [4.78, 5) is 2.12. The number of rotatable bonds is 5. The van der Waals surface area contributed by atoms with Gasteiger partial charge in [0.25, 0.3) is 0 Å². The Bertz CT molecular complexity index is 615. The summed E-state index contributed by atoms with van der Waals surface area (Å²) in [6.45, 7) is 4.96. The van der Waals surface area contributed by atoms with E-state index in [9.17, 15) is 4.39 Å². The van der Waals surface area contributed by atoms with Crippen molar-refractivity contribution in [3.63, 3.8) is 0 Å². The maximum Gasteiger partial charge on any atom is 0.125 e. The number of nitrogens with one attached hydrogen (secondary N) is 1. The van der Waals surface area contributed by atoms with Gasteiger partial charge in [0.15, 0.2) is 0 Å². The minimum atomic E-state index is -0.216. The number of anilines is 2. The Morgan fingerprint density at radius 1 is 1.24 bits per heavy atom. The Labute approximate surface area is 134 Å². The molecule has 2 rings (SSSR count). The molecule has 0 spiro atoms. The zero-order valence-electron chi connectivity index (χ0n) is 12.5. The van der Waals surface area contributed by atoms with Crippen molar-refractivity contribution in [3.05, 3.63) is 58.3 Å². The van der Waals surface area contributed by atoms with E-state index in [1.807, 2.05) is 19.2 Å². The first-order chi connectivity index (χ1) is 10.1. The van der Waals surface area contributed by atoms with Gasteiger partial charge in [-0.15, -0.1) is 0 Å². The Morgan fingerprint density at radius 3 is 2.62 bits per heavy atom. The lowest BCUT2D eigenvalue weighted by atomic mass is 10.0. The van der Waals surface area contributed by atoms with Crippen LogP contribution in [0, 0.1) is 5.82 Å². The highest BCUT2D eigenvalue weighted by atomic mass is 79.9. The molecule has 0 heterocycles. The van der Waals surface area contributed by atoms with E-state index in [1.165, 1.54) is 11.6 Å². The van der Waals surface area contributed by atoms with Crippen molar-refractivity contribution >= 4 is 27.3 Å². The Kier molecular flexibility index (Phi) is 5.37. The number of benzene rings is 2. The fourth-order valence-electron chi connectivity index (χ4n) is 2.41. The topological polar surface area (TPSA) is 15.3 Å². The summed E-state index contributed by atoms with van der Waals surface area (Å²) in [5.41, 5.74) is 3.13. The van der Waals surface area contributed by atoms with Crippen LogP contribution in [-0.2, 0) is 0 Å². The monoisotopic (exact) mass is 350 g/mol. The number of nitrogens with zero attached hydrogens (tertiary/aromatic N) is 1. The van der Waals surface area contributed by atoms with Crippen LogP contribution in [0.25, 0.3) is 0 Å². The molecule has 0 aliphatic carbocycles. The SMILES string of the molecule is CCN(c1cccc(F)c1)c1ccc(Br)cc1C(C)NC. The third kappa shape index (κ3) is 3.63. The Balaban J connectivity index is 2.52. The van der Waals surface area contributed by atoms with Crippen molar-refractivity contribution in [1.29, 1.82) is 0 Å². The third-order valence-electron chi connectivity index (χ3n) is 3.62. The molecule has 0 saturated carbocycles. The quantitative estimate of drug-likeness (QED) is 0.813. The molecule has 112 valence electrons. The molecule has 0 saturated heterocycles. The van der Waals surface area contributed by atoms with E-state index < -0.39 is 0 Å². The predicted octanol–water partition coefficient (Wildman–Crippen LogP) is 5.03. The van der Waals surface area contributed by atoms with Crippen LogP contribution >= 0.6 is 15.9 Å². The molecule has 2 aromatic carbocycles. The molecule has 1 unspecified atom stereocenters. The summed E-state index contributed by atoms with van der Waals surface area (Å²) in [5.74, 6) is -0.216. The van der Waals surface area contributed by atoms with E-state index in [0.29, 0.717) is 0 Å². The molecule has 21 heavy (non-hydrogen) atoms. The molecular weight excluding hydrogens is 331 g/mol. The first-order valence-electron chi connectivity index (χ1n) is 7.06. The highest BCUT2D eigenvalue weighted by Crippen LogP contribution is 2.34. The second-order valence-electron chi connectivity index (χ2n) is 4.94. The van der Waals surface area contributed by atoms with Gasteiger partial charge in [0, 0.05) is 28.4 Å². The largest absolute Gasteiger partial charge is 0.341 e. The van der Waals surface area contributed by atoms with Gasteiger partial charge < -0.3 is 10.2 Å². The van der Waals surface area contributed by atoms with Crippen LogP contribution in [0.4, 0.5) is 15.8 Å². The summed E-state index contributed by atoms with van der Waals surface area (Å²) >= 11 is 3.53. The maximum absolute atomic E-state index is 13.5. The summed E-state index contributed by atoms with van der Waals surface area (Å²) in [7, 11) is 1.94. The molecule has 0 amide bonds. The van der Waals surface area contributed by atoms with Gasteiger partial charge >= 0.3 is 0 Å². The molecule has 0 aliphatic rings. The maximum atomic E-state index is 13.5. The van der Waals surface area contributed by atoms with E-state index in [4.69, 9.17) is 0 Å². The van der Waals surface area contributed by atoms with E-state index in [1.54, 1.807) is 12.1 Å². The smallest absolute Gasteiger partial charge is 0.125 e. The normalized spacial score (nSPS) is 12.2. The van der Waals surface area contributed by atoms with Crippen LogP contribution in [0.5, 0.6) is 0 Å². The van der Waals surface area contributed by atoms with Crippen LogP contribution in [-0.4, -0.2) is 13.6 Å². The van der Waals surface area contributed by atoms with Gasteiger partial charge in [-0.1, -0.05) is 22.0 Å². The van der Waals surface area contributed by atoms with Gasteiger partial charge in [-0.2, -0.15) is 0 Å². The Morgan fingerprint density at radius 2 is 2.00 bits per heavy atom. The van der Waals surface area contributed by atoms with Gasteiger partial charge in [0.1, 0.15) is 5.82 Å². The lowest BCUT2D eigenvalue weighted by Crippen LogP contribution is -2.21. The predicted molar refractivity (Wildman–Crippen MR) is 90.7 cm³/mol. The van der Waals surface area contributed by atoms with Gasteiger partial charge in [-0.3, -0.25) is 0 Å². The minimum Gasteiger partial charge on any atom is -0.341 e. The zero-order valence-corrected chi connectivity index (χ0v) is 14.1. The van der Waals surface area contributed by atoms with Crippen molar-refractivity contribution in [3.8, 4) is 0 Å². The minimum absolute atomic E-state index is 0.208. The van der Waals surface area contributed by atoms with Crippen LogP contribution in [0.2, 0.25) is 0 Å². The van der Waals surface area contributed by atoms with Crippen molar-refractivity contribution in [2.24, 2.45) is 0 Å². The second-order valence-corrected chi connectivity index (χ2v) is 5.85.